The zero-order chi connectivity index (χ0) is 17.2. The fourth-order valence-electron chi connectivity index (χ4n) is 1.84. The highest BCUT2D eigenvalue weighted by atomic mass is 32.2. The van der Waals surface area contributed by atoms with Gasteiger partial charge in [-0.15, -0.1) is 19.0 Å². The number of halogens is 2. The summed E-state index contributed by atoms with van der Waals surface area (Å²) in [5.74, 6) is -0.376. The van der Waals surface area contributed by atoms with Crippen LogP contribution in [0.2, 0.25) is 0 Å². The van der Waals surface area contributed by atoms with Crippen LogP contribution in [0.3, 0.4) is 0 Å². The predicted molar refractivity (Wildman–Crippen MR) is 86.1 cm³/mol. The Bertz CT molecular complexity index is 757. The zero-order valence-electron chi connectivity index (χ0n) is 12.3. The smallest absolute Gasteiger partial charge is 0.395 e. The van der Waals surface area contributed by atoms with E-state index in [-0.39, 0.29) is 23.2 Å². The molecule has 24 heavy (non-hydrogen) atoms. The molecule has 0 bridgehead atoms. The van der Waals surface area contributed by atoms with E-state index in [1.807, 2.05) is 6.92 Å². The number of rotatable bonds is 6. The van der Waals surface area contributed by atoms with Crippen molar-refractivity contribution in [2.45, 2.75) is 17.6 Å². The van der Waals surface area contributed by atoms with Gasteiger partial charge in [-0.1, -0.05) is 23.1 Å². The van der Waals surface area contributed by atoms with Gasteiger partial charge in [-0.25, -0.2) is 0 Å². The second kappa shape index (κ2) is 6.77. The van der Waals surface area contributed by atoms with Crippen LogP contribution in [-0.2, 0) is 4.79 Å². The molecule has 7 nitrogen and oxygen atoms in total. The van der Waals surface area contributed by atoms with E-state index < -0.39 is 6.29 Å². The Hall–Kier alpha value is -2.14. The van der Waals surface area contributed by atoms with Crippen molar-refractivity contribution in [3.05, 3.63) is 18.2 Å². The molecule has 128 valence electrons. The fourth-order valence-corrected chi connectivity index (χ4v) is 3.46. The molecule has 0 fully saturated rings. The number of thioether (sulfide) groups is 1. The Morgan fingerprint density at radius 2 is 2.12 bits per heavy atom. The lowest BCUT2D eigenvalue weighted by molar-refractivity contribution is -0.286. The number of nitrogens with zero attached hydrogens (tertiary/aromatic N) is 2. The summed E-state index contributed by atoms with van der Waals surface area (Å²) >= 11 is 2.59. The van der Waals surface area contributed by atoms with Crippen LogP contribution in [0.5, 0.6) is 11.5 Å². The number of alkyl halides is 2. The van der Waals surface area contributed by atoms with Crippen molar-refractivity contribution in [3.63, 3.8) is 0 Å². The summed E-state index contributed by atoms with van der Waals surface area (Å²) in [5.41, 5.74) is 0.339. The number of nitrogens with one attached hydrogen (secondary N) is 2. The SMILES string of the molecule is CCNc1nnc(SCC(=O)Nc2ccc3c(c2)OC(F)(F)O3)s1. The largest absolute Gasteiger partial charge is 0.586 e. The molecule has 2 heterocycles. The first-order valence-corrected chi connectivity index (χ1v) is 8.65. The molecule has 11 heteroatoms. The predicted octanol–water partition coefficient (Wildman–Crippen LogP) is 3.02. The highest BCUT2D eigenvalue weighted by Crippen LogP contribution is 2.42. The second-order valence-electron chi connectivity index (χ2n) is 4.57. The van der Waals surface area contributed by atoms with Crippen molar-refractivity contribution < 1.29 is 23.0 Å². The van der Waals surface area contributed by atoms with Gasteiger partial charge in [0.2, 0.25) is 11.0 Å². The maximum absolute atomic E-state index is 12.9. The van der Waals surface area contributed by atoms with Crippen molar-refractivity contribution in [3.8, 4) is 11.5 Å². The maximum atomic E-state index is 12.9. The number of carbonyl (C=O) groups is 1. The second-order valence-corrected chi connectivity index (χ2v) is 6.77. The highest BCUT2D eigenvalue weighted by molar-refractivity contribution is 8.01. The summed E-state index contributed by atoms with van der Waals surface area (Å²) in [6, 6.07) is 4.06. The minimum absolute atomic E-state index is 0.0720. The van der Waals surface area contributed by atoms with Gasteiger partial charge in [-0.2, -0.15) is 0 Å². The molecule has 1 aliphatic heterocycles. The molecule has 1 aliphatic rings. The number of fused-ring (bicyclic) bond motifs is 1. The van der Waals surface area contributed by atoms with Gasteiger partial charge in [0.05, 0.1) is 5.75 Å². The van der Waals surface area contributed by atoms with Crippen LogP contribution in [0.4, 0.5) is 19.6 Å². The van der Waals surface area contributed by atoms with Gasteiger partial charge >= 0.3 is 6.29 Å². The van der Waals surface area contributed by atoms with Crippen LogP contribution in [0, 0.1) is 0 Å². The van der Waals surface area contributed by atoms with Crippen LogP contribution >= 0.6 is 23.1 Å². The molecular formula is C13H12F2N4O3S2. The van der Waals surface area contributed by atoms with Crippen molar-refractivity contribution in [1.29, 1.82) is 0 Å². The number of benzene rings is 1. The first kappa shape index (κ1) is 16.7. The van der Waals surface area contributed by atoms with E-state index in [0.717, 1.165) is 6.54 Å². The Morgan fingerprint density at radius 3 is 2.92 bits per heavy atom. The molecule has 0 unspecified atom stereocenters. The topological polar surface area (TPSA) is 85.4 Å². The van der Waals surface area contributed by atoms with E-state index >= 15 is 0 Å². The van der Waals surface area contributed by atoms with Gasteiger partial charge < -0.3 is 20.1 Å². The van der Waals surface area contributed by atoms with Crippen LogP contribution < -0.4 is 20.1 Å². The summed E-state index contributed by atoms with van der Waals surface area (Å²) in [5, 5.41) is 14.2. The summed E-state index contributed by atoms with van der Waals surface area (Å²) in [6.45, 7) is 2.69. The summed E-state index contributed by atoms with van der Waals surface area (Å²) in [4.78, 5) is 11.9. The van der Waals surface area contributed by atoms with E-state index in [1.165, 1.54) is 41.3 Å². The molecule has 0 saturated carbocycles. The average Bonchev–Trinajstić information content (AvgIpc) is 3.07. The van der Waals surface area contributed by atoms with E-state index in [4.69, 9.17) is 0 Å². The minimum Gasteiger partial charge on any atom is -0.395 e. The first-order valence-electron chi connectivity index (χ1n) is 6.85. The third-order valence-electron chi connectivity index (χ3n) is 2.75. The van der Waals surface area contributed by atoms with Crippen molar-refractivity contribution in [2.75, 3.05) is 22.9 Å². The summed E-state index contributed by atoms with van der Waals surface area (Å²) in [6.07, 6.45) is -3.68. The Labute approximate surface area is 143 Å². The molecule has 0 spiro atoms. The molecule has 0 aliphatic carbocycles. The first-order chi connectivity index (χ1) is 11.4. The van der Waals surface area contributed by atoms with Gasteiger partial charge in [0.25, 0.3) is 0 Å². The van der Waals surface area contributed by atoms with Crippen molar-refractivity contribution in [2.24, 2.45) is 0 Å². The quantitative estimate of drug-likeness (QED) is 0.752. The third kappa shape index (κ3) is 4.03. The molecule has 0 atom stereocenters. The summed E-state index contributed by atoms with van der Waals surface area (Å²) in [7, 11) is 0. The molecule has 3 rings (SSSR count). The summed E-state index contributed by atoms with van der Waals surface area (Å²) < 4.78 is 35.2. The van der Waals surface area contributed by atoms with E-state index in [9.17, 15) is 13.6 Å². The van der Waals surface area contributed by atoms with Gasteiger partial charge in [0, 0.05) is 18.3 Å². The lowest BCUT2D eigenvalue weighted by atomic mass is 10.3. The van der Waals surface area contributed by atoms with Crippen LogP contribution in [0.1, 0.15) is 6.92 Å². The number of amides is 1. The number of hydrogen-bond donors (Lipinski definition) is 2. The Balaban J connectivity index is 1.54. The lowest BCUT2D eigenvalue weighted by Crippen LogP contribution is -2.25. The third-order valence-corrected chi connectivity index (χ3v) is 4.76. The standard InChI is InChI=1S/C13H12F2N4O3S2/c1-2-16-11-18-19-12(24-11)23-6-10(20)17-7-3-4-8-9(5-7)22-13(14,15)21-8/h3-5H,2,6H2,1H3,(H,16,18)(H,17,20). The fraction of sp³-hybridized carbons (Fsp3) is 0.308. The van der Waals surface area contributed by atoms with Gasteiger partial charge in [0.15, 0.2) is 15.8 Å². The Kier molecular flexibility index (Phi) is 4.71. The number of hydrogen-bond acceptors (Lipinski definition) is 8. The van der Waals surface area contributed by atoms with Gasteiger partial charge in [0.1, 0.15) is 0 Å². The number of aromatic nitrogens is 2. The maximum Gasteiger partial charge on any atom is 0.586 e. The van der Waals surface area contributed by atoms with Gasteiger partial charge in [-0.3, -0.25) is 4.79 Å². The van der Waals surface area contributed by atoms with Crippen LogP contribution in [0.25, 0.3) is 0 Å². The molecule has 0 radical (unpaired) electrons. The van der Waals surface area contributed by atoms with E-state index in [2.05, 4.69) is 30.3 Å². The lowest BCUT2D eigenvalue weighted by Gasteiger charge is -2.05. The van der Waals surface area contributed by atoms with Crippen LogP contribution in [-0.4, -0.2) is 34.7 Å². The normalized spacial score (nSPS) is 14.5. The molecule has 1 aromatic carbocycles. The van der Waals surface area contributed by atoms with E-state index in [0.29, 0.717) is 15.2 Å². The van der Waals surface area contributed by atoms with E-state index in [1.54, 1.807) is 0 Å². The highest BCUT2D eigenvalue weighted by Gasteiger charge is 2.43. The monoisotopic (exact) mass is 374 g/mol. The average molecular weight is 374 g/mol. The number of anilines is 2. The van der Waals surface area contributed by atoms with Crippen molar-refractivity contribution >= 4 is 39.8 Å². The molecular weight excluding hydrogens is 362 g/mol. The molecule has 0 saturated heterocycles. The molecule has 1 amide bonds. The zero-order valence-corrected chi connectivity index (χ0v) is 14.0. The molecule has 1 aromatic heterocycles. The van der Waals surface area contributed by atoms with Crippen LogP contribution in [0.15, 0.2) is 22.5 Å². The van der Waals surface area contributed by atoms with Crippen molar-refractivity contribution in [1.82, 2.24) is 10.2 Å². The minimum atomic E-state index is -3.68. The molecule has 2 N–H and O–H groups in total. The van der Waals surface area contributed by atoms with Gasteiger partial charge in [-0.05, 0) is 19.1 Å². The number of carbonyl (C=O) groups excluding carboxylic acids is 1. The number of ether oxygens (including phenoxy) is 2. The molecule has 2 aromatic rings. The Morgan fingerprint density at radius 1 is 1.33 bits per heavy atom.